The summed E-state index contributed by atoms with van der Waals surface area (Å²) in [5, 5.41) is 3.76. The van der Waals surface area contributed by atoms with Gasteiger partial charge in [-0.3, -0.25) is 0 Å². The summed E-state index contributed by atoms with van der Waals surface area (Å²) in [4.78, 5) is 2.61. The first kappa shape index (κ1) is 13.3. The Morgan fingerprint density at radius 3 is 3.05 bits per heavy atom. The predicted molar refractivity (Wildman–Crippen MR) is 75.9 cm³/mol. The van der Waals surface area contributed by atoms with Crippen LogP contribution in [-0.4, -0.2) is 30.1 Å². The van der Waals surface area contributed by atoms with Gasteiger partial charge in [0.1, 0.15) is 5.82 Å². The summed E-state index contributed by atoms with van der Waals surface area (Å²) >= 11 is 5.69. The van der Waals surface area contributed by atoms with Crippen molar-refractivity contribution in [2.75, 3.05) is 13.1 Å². The maximum atomic E-state index is 13.4. The van der Waals surface area contributed by atoms with Crippen molar-refractivity contribution in [1.82, 2.24) is 10.2 Å². The molecule has 2 heterocycles. The zero-order chi connectivity index (χ0) is 13.2. The standard InChI is InChI=1S/C15H20ClFN2/c16-14-4-3-11(8-15(14)17)10-18-12-5-7-19-6-1-2-13(19)9-12/h3-4,8,12-13,18H,1-2,5-7,9-10H2. The summed E-state index contributed by atoms with van der Waals surface area (Å²) in [5.74, 6) is -0.327. The van der Waals surface area contributed by atoms with Crippen LogP contribution in [0.15, 0.2) is 18.2 Å². The van der Waals surface area contributed by atoms with Crippen LogP contribution in [0.3, 0.4) is 0 Å². The van der Waals surface area contributed by atoms with Gasteiger partial charge < -0.3 is 10.2 Å². The van der Waals surface area contributed by atoms with Crippen LogP contribution in [0.1, 0.15) is 31.2 Å². The number of piperidine rings is 1. The molecule has 1 aromatic rings. The molecule has 4 heteroatoms. The second-order valence-corrected chi connectivity index (χ2v) is 6.09. The fourth-order valence-electron chi connectivity index (χ4n) is 3.32. The number of benzene rings is 1. The Bertz CT molecular complexity index is 452. The van der Waals surface area contributed by atoms with E-state index in [0.29, 0.717) is 6.04 Å². The van der Waals surface area contributed by atoms with Gasteiger partial charge in [-0.15, -0.1) is 0 Å². The molecule has 0 aliphatic carbocycles. The van der Waals surface area contributed by atoms with Crippen molar-refractivity contribution < 1.29 is 4.39 Å². The van der Waals surface area contributed by atoms with Crippen LogP contribution in [0.5, 0.6) is 0 Å². The average Bonchev–Trinajstić information content (AvgIpc) is 2.87. The molecule has 0 spiro atoms. The van der Waals surface area contributed by atoms with E-state index in [-0.39, 0.29) is 10.8 Å². The molecule has 2 aliphatic heterocycles. The van der Waals surface area contributed by atoms with Crippen molar-refractivity contribution in [2.45, 2.75) is 44.3 Å². The number of fused-ring (bicyclic) bond motifs is 1. The van der Waals surface area contributed by atoms with Crippen LogP contribution < -0.4 is 5.32 Å². The van der Waals surface area contributed by atoms with Gasteiger partial charge in [-0.2, -0.15) is 0 Å². The molecule has 2 saturated heterocycles. The van der Waals surface area contributed by atoms with Gasteiger partial charge in [-0.25, -0.2) is 4.39 Å². The van der Waals surface area contributed by atoms with Gasteiger partial charge >= 0.3 is 0 Å². The number of rotatable bonds is 3. The minimum absolute atomic E-state index is 0.197. The van der Waals surface area contributed by atoms with E-state index in [1.165, 1.54) is 44.8 Å². The van der Waals surface area contributed by atoms with E-state index in [1.807, 2.05) is 6.07 Å². The van der Waals surface area contributed by atoms with Gasteiger partial charge in [0.05, 0.1) is 5.02 Å². The monoisotopic (exact) mass is 282 g/mol. The summed E-state index contributed by atoms with van der Waals surface area (Å²) < 4.78 is 13.4. The summed E-state index contributed by atoms with van der Waals surface area (Å²) in [6.07, 6.45) is 5.12. The first-order valence-corrected chi connectivity index (χ1v) is 7.51. The highest BCUT2D eigenvalue weighted by Crippen LogP contribution is 2.27. The topological polar surface area (TPSA) is 15.3 Å². The van der Waals surface area contributed by atoms with Crippen LogP contribution in [-0.2, 0) is 6.54 Å². The van der Waals surface area contributed by atoms with Gasteiger partial charge in [-0.1, -0.05) is 17.7 Å². The summed E-state index contributed by atoms with van der Waals surface area (Å²) in [7, 11) is 0. The fraction of sp³-hybridized carbons (Fsp3) is 0.600. The van der Waals surface area contributed by atoms with Gasteiger partial charge in [-0.05, 0) is 56.5 Å². The third kappa shape index (κ3) is 3.10. The van der Waals surface area contributed by atoms with Gasteiger partial charge in [0.25, 0.3) is 0 Å². The van der Waals surface area contributed by atoms with Gasteiger partial charge in [0.2, 0.25) is 0 Å². The smallest absolute Gasteiger partial charge is 0.142 e. The molecule has 1 aromatic carbocycles. The van der Waals surface area contributed by atoms with Crippen LogP contribution >= 0.6 is 11.6 Å². The lowest BCUT2D eigenvalue weighted by Crippen LogP contribution is -2.45. The van der Waals surface area contributed by atoms with Crippen LogP contribution in [0.2, 0.25) is 5.02 Å². The van der Waals surface area contributed by atoms with Crippen molar-refractivity contribution in [1.29, 1.82) is 0 Å². The molecule has 104 valence electrons. The third-order valence-corrected chi connectivity index (χ3v) is 4.71. The fourth-order valence-corrected chi connectivity index (χ4v) is 3.44. The zero-order valence-corrected chi connectivity index (χ0v) is 11.8. The van der Waals surface area contributed by atoms with E-state index >= 15 is 0 Å². The summed E-state index contributed by atoms with van der Waals surface area (Å²) in [6, 6.07) is 6.39. The molecule has 2 atom stereocenters. The molecule has 1 N–H and O–H groups in total. The highest BCUT2D eigenvalue weighted by atomic mass is 35.5. The Morgan fingerprint density at radius 2 is 2.21 bits per heavy atom. The number of halogens is 2. The van der Waals surface area contributed by atoms with E-state index in [2.05, 4.69) is 10.2 Å². The maximum absolute atomic E-state index is 13.4. The number of hydrogen-bond acceptors (Lipinski definition) is 2. The first-order valence-electron chi connectivity index (χ1n) is 7.14. The average molecular weight is 283 g/mol. The maximum Gasteiger partial charge on any atom is 0.142 e. The zero-order valence-electron chi connectivity index (χ0n) is 11.0. The Morgan fingerprint density at radius 1 is 1.32 bits per heavy atom. The number of nitrogens with one attached hydrogen (secondary N) is 1. The molecule has 19 heavy (non-hydrogen) atoms. The van der Waals surface area contributed by atoms with Crippen LogP contribution in [0.4, 0.5) is 4.39 Å². The Kier molecular flexibility index (Phi) is 4.06. The van der Waals surface area contributed by atoms with Crippen molar-refractivity contribution >= 4 is 11.6 Å². The van der Waals surface area contributed by atoms with Gasteiger partial charge in [0.15, 0.2) is 0 Å². The summed E-state index contributed by atoms with van der Waals surface area (Å²) in [6.45, 7) is 3.21. The van der Waals surface area contributed by atoms with Crippen LogP contribution in [0.25, 0.3) is 0 Å². The first-order chi connectivity index (χ1) is 9.22. The summed E-state index contributed by atoms with van der Waals surface area (Å²) in [5.41, 5.74) is 0.968. The Balaban J connectivity index is 1.53. The van der Waals surface area contributed by atoms with E-state index in [1.54, 1.807) is 6.07 Å². The lowest BCUT2D eigenvalue weighted by atomic mass is 9.97. The SMILES string of the molecule is Fc1cc(CNC2CCN3CCCC3C2)ccc1Cl. The Labute approximate surface area is 118 Å². The van der Waals surface area contributed by atoms with E-state index in [4.69, 9.17) is 11.6 Å². The van der Waals surface area contributed by atoms with E-state index < -0.39 is 0 Å². The van der Waals surface area contributed by atoms with Gasteiger partial charge in [0, 0.05) is 18.6 Å². The minimum Gasteiger partial charge on any atom is -0.310 e. The molecule has 2 nitrogen and oxygen atoms in total. The highest BCUT2D eigenvalue weighted by Gasteiger charge is 2.31. The molecule has 2 fully saturated rings. The third-order valence-electron chi connectivity index (χ3n) is 4.40. The molecule has 0 radical (unpaired) electrons. The number of hydrogen-bond donors (Lipinski definition) is 1. The van der Waals surface area contributed by atoms with Crippen molar-refractivity contribution in [2.24, 2.45) is 0 Å². The molecular formula is C15H20ClFN2. The van der Waals surface area contributed by atoms with Crippen molar-refractivity contribution in [3.8, 4) is 0 Å². The highest BCUT2D eigenvalue weighted by molar-refractivity contribution is 6.30. The molecule has 0 aromatic heterocycles. The molecule has 2 aliphatic rings. The molecule has 0 saturated carbocycles. The molecule has 0 bridgehead atoms. The quantitative estimate of drug-likeness (QED) is 0.916. The molecule has 3 rings (SSSR count). The van der Waals surface area contributed by atoms with E-state index in [9.17, 15) is 4.39 Å². The van der Waals surface area contributed by atoms with Crippen molar-refractivity contribution in [3.05, 3.63) is 34.6 Å². The Hall–Kier alpha value is -0.640. The number of nitrogens with zero attached hydrogens (tertiary/aromatic N) is 1. The lowest BCUT2D eigenvalue weighted by Gasteiger charge is -2.35. The minimum atomic E-state index is -0.327. The predicted octanol–water partition coefficient (Wildman–Crippen LogP) is 3.20. The molecule has 0 amide bonds. The van der Waals surface area contributed by atoms with E-state index in [0.717, 1.165) is 18.2 Å². The second kappa shape index (κ2) is 5.78. The second-order valence-electron chi connectivity index (χ2n) is 5.68. The van der Waals surface area contributed by atoms with Crippen LogP contribution in [0, 0.1) is 5.82 Å². The van der Waals surface area contributed by atoms with Crippen molar-refractivity contribution in [3.63, 3.8) is 0 Å². The molecular weight excluding hydrogens is 263 g/mol. The normalized spacial score (nSPS) is 27.5. The lowest BCUT2D eigenvalue weighted by molar-refractivity contribution is 0.166. The molecule has 2 unspecified atom stereocenters. The largest absolute Gasteiger partial charge is 0.310 e.